The lowest BCUT2D eigenvalue weighted by molar-refractivity contribution is -0.131. The van der Waals surface area contributed by atoms with E-state index in [9.17, 15) is 9.18 Å². The van der Waals surface area contributed by atoms with Crippen LogP contribution in [0, 0.1) is 5.82 Å². The van der Waals surface area contributed by atoms with Gasteiger partial charge in [0.15, 0.2) is 5.58 Å². The fourth-order valence-electron chi connectivity index (χ4n) is 3.25. The Labute approximate surface area is 156 Å². The standard InChI is InChI=1S/C20H21FN4O2/c21-15-5-7-16(8-6-15)24-11-13-25(14-12-24)19(26)9-10-22-20-23-17-3-1-2-4-18(17)27-20/h1-8H,9-14H2,(H,22,23). The Morgan fingerprint density at radius 1 is 1.07 bits per heavy atom. The van der Waals surface area contributed by atoms with E-state index >= 15 is 0 Å². The van der Waals surface area contributed by atoms with Gasteiger partial charge in [-0.3, -0.25) is 4.79 Å². The van der Waals surface area contributed by atoms with E-state index < -0.39 is 0 Å². The molecule has 4 rings (SSSR count). The van der Waals surface area contributed by atoms with Gasteiger partial charge in [0.1, 0.15) is 11.3 Å². The van der Waals surface area contributed by atoms with Crippen molar-refractivity contribution in [2.75, 3.05) is 42.9 Å². The highest BCUT2D eigenvalue weighted by molar-refractivity contribution is 5.77. The lowest BCUT2D eigenvalue weighted by atomic mass is 10.2. The van der Waals surface area contributed by atoms with Crippen LogP contribution in [-0.2, 0) is 4.79 Å². The number of rotatable bonds is 5. The van der Waals surface area contributed by atoms with Gasteiger partial charge >= 0.3 is 0 Å². The number of amides is 1. The second-order valence-corrected chi connectivity index (χ2v) is 6.51. The van der Waals surface area contributed by atoms with Gasteiger partial charge in [0, 0.05) is 44.8 Å². The van der Waals surface area contributed by atoms with Gasteiger partial charge in [-0.1, -0.05) is 12.1 Å². The Bertz CT molecular complexity index is 884. The van der Waals surface area contributed by atoms with E-state index in [0.717, 1.165) is 29.9 Å². The van der Waals surface area contributed by atoms with E-state index in [1.165, 1.54) is 12.1 Å². The quantitative estimate of drug-likeness (QED) is 0.750. The van der Waals surface area contributed by atoms with Gasteiger partial charge in [-0.2, -0.15) is 4.98 Å². The van der Waals surface area contributed by atoms with E-state index in [1.54, 1.807) is 12.1 Å². The Balaban J connectivity index is 1.24. The van der Waals surface area contributed by atoms with Gasteiger partial charge in [-0.15, -0.1) is 0 Å². The maximum Gasteiger partial charge on any atom is 0.295 e. The van der Waals surface area contributed by atoms with Crippen molar-refractivity contribution in [1.29, 1.82) is 0 Å². The highest BCUT2D eigenvalue weighted by atomic mass is 19.1. The van der Waals surface area contributed by atoms with Gasteiger partial charge in [-0.25, -0.2) is 4.39 Å². The molecule has 0 aliphatic carbocycles. The summed E-state index contributed by atoms with van der Waals surface area (Å²) in [5.74, 6) is -0.128. The highest BCUT2D eigenvalue weighted by Gasteiger charge is 2.21. The summed E-state index contributed by atoms with van der Waals surface area (Å²) in [5.41, 5.74) is 2.51. The number of oxazole rings is 1. The number of hydrogen-bond acceptors (Lipinski definition) is 5. The van der Waals surface area contributed by atoms with Crippen LogP contribution in [0.3, 0.4) is 0 Å². The molecule has 1 N–H and O–H groups in total. The Hall–Kier alpha value is -3.09. The third kappa shape index (κ3) is 4.02. The number of nitrogens with one attached hydrogen (secondary N) is 1. The molecular formula is C20H21FN4O2. The number of halogens is 1. The van der Waals surface area contributed by atoms with E-state index in [1.807, 2.05) is 29.2 Å². The Kier molecular flexibility index (Phi) is 4.91. The molecule has 140 valence electrons. The van der Waals surface area contributed by atoms with Crippen LogP contribution in [0.25, 0.3) is 11.1 Å². The summed E-state index contributed by atoms with van der Waals surface area (Å²) in [5, 5.41) is 3.07. The van der Waals surface area contributed by atoms with Gasteiger partial charge in [-0.05, 0) is 36.4 Å². The predicted octanol–water partition coefficient (Wildman–Crippen LogP) is 3.12. The molecule has 27 heavy (non-hydrogen) atoms. The van der Waals surface area contributed by atoms with Crippen molar-refractivity contribution in [1.82, 2.24) is 9.88 Å². The van der Waals surface area contributed by atoms with Crippen molar-refractivity contribution < 1.29 is 13.6 Å². The van der Waals surface area contributed by atoms with Crippen LogP contribution < -0.4 is 10.2 Å². The SMILES string of the molecule is O=C(CCNc1nc2ccccc2o1)N1CCN(c2ccc(F)cc2)CC1. The van der Waals surface area contributed by atoms with Crippen molar-refractivity contribution in [3.8, 4) is 0 Å². The topological polar surface area (TPSA) is 61.6 Å². The summed E-state index contributed by atoms with van der Waals surface area (Å²) < 4.78 is 18.6. The van der Waals surface area contributed by atoms with Crippen molar-refractivity contribution in [3.05, 3.63) is 54.3 Å². The molecule has 2 aromatic carbocycles. The van der Waals surface area contributed by atoms with Crippen molar-refractivity contribution in [2.24, 2.45) is 0 Å². The molecule has 1 fully saturated rings. The third-order valence-corrected chi connectivity index (χ3v) is 4.73. The van der Waals surface area contributed by atoms with Gasteiger partial charge < -0.3 is 19.5 Å². The number of carbonyl (C=O) groups is 1. The molecule has 3 aromatic rings. The summed E-state index contributed by atoms with van der Waals surface area (Å²) in [7, 11) is 0. The van der Waals surface area contributed by atoms with Crippen LogP contribution >= 0.6 is 0 Å². The minimum absolute atomic E-state index is 0.109. The first-order valence-corrected chi connectivity index (χ1v) is 9.07. The number of benzene rings is 2. The van der Waals surface area contributed by atoms with E-state index in [4.69, 9.17) is 4.42 Å². The molecule has 7 heteroatoms. The average Bonchev–Trinajstić information content (AvgIpc) is 3.11. The normalized spacial score (nSPS) is 14.6. The third-order valence-electron chi connectivity index (χ3n) is 4.73. The van der Waals surface area contributed by atoms with Crippen LogP contribution in [-0.4, -0.2) is 48.5 Å². The number of carbonyl (C=O) groups excluding carboxylic acids is 1. The molecule has 0 bridgehead atoms. The molecule has 1 saturated heterocycles. The van der Waals surface area contributed by atoms with Gasteiger partial charge in [0.25, 0.3) is 6.01 Å². The molecule has 0 saturated carbocycles. The van der Waals surface area contributed by atoms with Crippen LogP contribution in [0.1, 0.15) is 6.42 Å². The number of anilines is 2. The molecule has 6 nitrogen and oxygen atoms in total. The van der Waals surface area contributed by atoms with Crippen molar-refractivity contribution in [3.63, 3.8) is 0 Å². The fourth-order valence-corrected chi connectivity index (χ4v) is 3.25. The van der Waals surface area contributed by atoms with Gasteiger partial charge in [0.2, 0.25) is 5.91 Å². The maximum atomic E-state index is 13.0. The minimum Gasteiger partial charge on any atom is -0.424 e. The molecule has 0 unspecified atom stereocenters. The van der Waals surface area contributed by atoms with E-state index in [0.29, 0.717) is 32.1 Å². The molecular weight excluding hydrogens is 347 g/mol. The molecule has 0 atom stereocenters. The zero-order valence-corrected chi connectivity index (χ0v) is 14.9. The molecule has 1 aliphatic rings. The monoisotopic (exact) mass is 368 g/mol. The van der Waals surface area contributed by atoms with Crippen molar-refractivity contribution in [2.45, 2.75) is 6.42 Å². The number of para-hydroxylation sites is 2. The van der Waals surface area contributed by atoms with Crippen LogP contribution in [0.5, 0.6) is 0 Å². The highest BCUT2D eigenvalue weighted by Crippen LogP contribution is 2.19. The zero-order valence-electron chi connectivity index (χ0n) is 14.9. The van der Waals surface area contributed by atoms with E-state index in [-0.39, 0.29) is 11.7 Å². The second-order valence-electron chi connectivity index (χ2n) is 6.51. The maximum absolute atomic E-state index is 13.0. The van der Waals surface area contributed by atoms with E-state index in [2.05, 4.69) is 15.2 Å². The summed E-state index contributed by atoms with van der Waals surface area (Å²) in [6.07, 6.45) is 0.384. The minimum atomic E-state index is -0.237. The zero-order chi connectivity index (χ0) is 18.6. The second kappa shape index (κ2) is 7.65. The fraction of sp³-hybridized carbons (Fsp3) is 0.300. The summed E-state index contributed by atoms with van der Waals surface area (Å²) in [6, 6.07) is 14.5. The number of hydrogen-bond donors (Lipinski definition) is 1. The van der Waals surface area contributed by atoms with Crippen LogP contribution in [0.4, 0.5) is 16.1 Å². The smallest absolute Gasteiger partial charge is 0.295 e. The number of aromatic nitrogens is 1. The first-order valence-electron chi connectivity index (χ1n) is 9.07. The molecule has 1 amide bonds. The molecule has 2 heterocycles. The Morgan fingerprint density at radius 2 is 1.81 bits per heavy atom. The molecule has 1 aliphatic heterocycles. The lowest BCUT2D eigenvalue weighted by Crippen LogP contribution is -2.49. The number of piperazine rings is 1. The average molecular weight is 368 g/mol. The Morgan fingerprint density at radius 3 is 2.56 bits per heavy atom. The molecule has 0 spiro atoms. The first kappa shape index (κ1) is 17.3. The number of fused-ring (bicyclic) bond motifs is 1. The predicted molar refractivity (Wildman–Crippen MR) is 102 cm³/mol. The summed E-state index contributed by atoms with van der Waals surface area (Å²) >= 11 is 0. The molecule has 1 aromatic heterocycles. The lowest BCUT2D eigenvalue weighted by Gasteiger charge is -2.36. The summed E-state index contributed by atoms with van der Waals surface area (Å²) in [4.78, 5) is 20.8. The van der Waals surface area contributed by atoms with Crippen molar-refractivity contribution >= 4 is 28.7 Å². The number of nitrogens with zero attached hydrogens (tertiary/aromatic N) is 3. The molecule has 0 radical (unpaired) electrons. The summed E-state index contributed by atoms with van der Waals surface area (Å²) in [6.45, 7) is 3.30. The van der Waals surface area contributed by atoms with Crippen LogP contribution in [0.2, 0.25) is 0 Å². The van der Waals surface area contributed by atoms with Gasteiger partial charge in [0.05, 0.1) is 0 Å². The largest absolute Gasteiger partial charge is 0.424 e. The van der Waals surface area contributed by atoms with Crippen LogP contribution in [0.15, 0.2) is 52.9 Å². The first-order chi connectivity index (χ1) is 13.2.